The summed E-state index contributed by atoms with van der Waals surface area (Å²) in [6.07, 6.45) is 25.3. The van der Waals surface area contributed by atoms with Crippen molar-refractivity contribution >= 4 is 5.91 Å². The molecule has 0 radical (unpaired) electrons. The maximum absolute atomic E-state index is 12.0. The topological polar surface area (TPSA) is 20.3 Å². The van der Waals surface area contributed by atoms with Crippen LogP contribution in [-0.4, -0.2) is 23.9 Å². The van der Waals surface area contributed by atoms with Crippen LogP contribution in [-0.2, 0) is 4.79 Å². The molecule has 0 spiro atoms. The number of unbranched alkanes of at least 4 members (excludes halogenated alkanes) is 12. The molecule has 0 bridgehead atoms. The van der Waals surface area contributed by atoms with Gasteiger partial charge in [0.25, 0.3) is 0 Å². The monoisotopic (exact) mass is 335 g/mol. The van der Waals surface area contributed by atoms with Crippen LogP contribution in [0.3, 0.4) is 0 Å². The molecule has 1 aliphatic rings. The third-order valence-electron chi connectivity index (χ3n) is 5.15. The van der Waals surface area contributed by atoms with Crippen LogP contribution in [0.2, 0.25) is 0 Å². The summed E-state index contributed by atoms with van der Waals surface area (Å²) in [5, 5.41) is 0. The van der Waals surface area contributed by atoms with E-state index in [0.29, 0.717) is 0 Å². The molecule has 1 saturated heterocycles. The lowest BCUT2D eigenvalue weighted by atomic mass is 10.0. The molecule has 2 nitrogen and oxygen atoms in total. The van der Waals surface area contributed by atoms with Crippen molar-refractivity contribution in [3.63, 3.8) is 0 Å². The van der Waals surface area contributed by atoms with E-state index in [0.717, 1.165) is 19.5 Å². The van der Waals surface area contributed by atoms with Crippen LogP contribution in [0.4, 0.5) is 0 Å². The molecule has 2 heteroatoms. The van der Waals surface area contributed by atoms with Gasteiger partial charge >= 0.3 is 0 Å². The number of allylic oxidation sites excluding steroid dienone is 1. The Hall–Kier alpha value is -0.790. The molecule has 0 atom stereocenters. The number of rotatable bonds is 14. The Labute approximate surface area is 151 Å². The van der Waals surface area contributed by atoms with E-state index >= 15 is 0 Å². The van der Waals surface area contributed by atoms with Crippen molar-refractivity contribution in [3.8, 4) is 0 Å². The summed E-state index contributed by atoms with van der Waals surface area (Å²) in [6.45, 7) is 4.20. The number of likely N-dealkylation sites (tertiary alicyclic amines) is 1. The minimum atomic E-state index is 0.230. The second-order valence-electron chi connectivity index (χ2n) is 7.47. The number of nitrogens with zero attached hydrogens (tertiary/aromatic N) is 1. The molecule has 0 N–H and O–H groups in total. The first-order chi connectivity index (χ1) is 11.8. The van der Waals surface area contributed by atoms with Crippen molar-refractivity contribution in [3.05, 3.63) is 12.2 Å². The van der Waals surface area contributed by atoms with Gasteiger partial charge in [-0.1, -0.05) is 83.6 Å². The minimum Gasteiger partial charge on any atom is -0.339 e. The molecule has 0 aromatic heterocycles. The quantitative estimate of drug-likeness (QED) is 0.257. The number of amides is 1. The fourth-order valence-electron chi connectivity index (χ4n) is 3.51. The molecular weight excluding hydrogens is 294 g/mol. The lowest BCUT2D eigenvalue weighted by Gasteiger charge is -2.25. The summed E-state index contributed by atoms with van der Waals surface area (Å²) in [4.78, 5) is 14.0. The number of carbonyl (C=O) groups is 1. The number of hydrogen-bond donors (Lipinski definition) is 0. The zero-order valence-electron chi connectivity index (χ0n) is 16.2. The Balaban J connectivity index is 1.81. The van der Waals surface area contributed by atoms with Gasteiger partial charge in [-0.15, -0.1) is 0 Å². The average molecular weight is 336 g/mol. The summed E-state index contributed by atoms with van der Waals surface area (Å²) < 4.78 is 0. The fourth-order valence-corrected chi connectivity index (χ4v) is 3.51. The molecule has 0 aromatic carbocycles. The number of carbonyl (C=O) groups excluding carboxylic acids is 1. The van der Waals surface area contributed by atoms with E-state index in [2.05, 4.69) is 13.0 Å². The fraction of sp³-hybridized carbons (Fsp3) is 0.864. The third kappa shape index (κ3) is 11.7. The van der Waals surface area contributed by atoms with E-state index in [4.69, 9.17) is 0 Å². The smallest absolute Gasteiger partial charge is 0.246 e. The second kappa shape index (κ2) is 15.7. The molecule has 1 heterocycles. The third-order valence-corrected chi connectivity index (χ3v) is 5.15. The lowest BCUT2D eigenvalue weighted by molar-refractivity contribution is -0.126. The van der Waals surface area contributed by atoms with Gasteiger partial charge in [-0.25, -0.2) is 0 Å². The largest absolute Gasteiger partial charge is 0.339 e. The van der Waals surface area contributed by atoms with Gasteiger partial charge < -0.3 is 4.90 Å². The highest BCUT2D eigenvalue weighted by Gasteiger charge is 2.13. The Morgan fingerprint density at radius 1 is 0.750 bits per heavy atom. The highest BCUT2D eigenvalue weighted by Crippen LogP contribution is 2.13. The predicted molar refractivity (Wildman–Crippen MR) is 105 cm³/mol. The van der Waals surface area contributed by atoms with Crippen molar-refractivity contribution in [1.82, 2.24) is 4.90 Å². The van der Waals surface area contributed by atoms with Gasteiger partial charge in [0.15, 0.2) is 0 Å². The van der Waals surface area contributed by atoms with Gasteiger partial charge in [0.1, 0.15) is 0 Å². The van der Waals surface area contributed by atoms with E-state index < -0.39 is 0 Å². The van der Waals surface area contributed by atoms with Gasteiger partial charge in [-0.2, -0.15) is 0 Å². The molecule has 0 aromatic rings. The van der Waals surface area contributed by atoms with E-state index in [1.165, 1.54) is 96.3 Å². The summed E-state index contributed by atoms with van der Waals surface area (Å²) in [5.41, 5.74) is 0. The van der Waals surface area contributed by atoms with E-state index in [1.54, 1.807) is 0 Å². The normalized spacial score (nSPS) is 15.3. The summed E-state index contributed by atoms with van der Waals surface area (Å²) in [7, 11) is 0. The van der Waals surface area contributed by atoms with Gasteiger partial charge in [0.05, 0.1) is 0 Å². The Kier molecular flexibility index (Phi) is 13.9. The molecular formula is C22H41NO. The van der Waals surface area contributed by atoms with Gasteiger partial charge in [-0.3, -0.25) is 4.79 Å². The van der Waals surface area contributed by atoms with Gasteiger partial charge in [0.2, 0.25) is 5.91 Å². The first-order valence-corrected chi connectivity index (χ1v) is 10.8. The van der Waals surface area contributed by atoms with Crippen LogP contribution in [0.1, 0.15) is 110 Å². The highest BCUT2D eigenvalue weighted by molar-refractivity contribution is 5.87. The maximum Gasteiger partial charge on any atom is 0.246 e. The molecule has 0 aliphatic carbocycles. The Bertz CT molecular complexity index is 318. The van der Waals surface area contributed by atoms with Crippen LogP contribution in [0.25, 0.3) is 0 Å². The highest BCUT2D eigenvalue weighted by atomic mass is 16.2. The summed E-state index contributed by atoms with van der Waals surface area (Å²) >= 11 is 0. The van der Waals surface area contributed by atoms with E-state index in [1.807, 2.05) is 11.0 Å². The Morgan fingerprint density at radius 2 is 1.25 bits per heavy atom. The molecule has 1 aliphatic heterocycles. The second-order valence-corrected chi connectivity index (χ2v) is 7.47. The Morgan fingerprint density at radius 3 is 1.79 bits per heavy atom. The summed E-state index contributed by atoms with van der Waals surface area (Å²) in [5.74, 6) is 0.230. The number of hydrogen-bond acceptors (Lipinski definition) is 1. The molecule has 0 saturated carbocycles. The summed E-state index contributed by atoms with van der Waals surface area (Å²) in [6, 6.07) is 0. The standard InChI is InChI=1S/C22H41NO/c1-2-3-4-5-6-7-8-9-10-11-12-13-14-16-19-22(24)23-20-17-15-18-21-23/h16,19H,2-15,17-18,20-21H2,1H3/b19-16+. The van der Waals surface area contributed by atoms with Crippen molar-refractivity contribution in [2.45, 2.75) is 110 Å². The van der Waals surface area contributed by atoms with Gasteiger partial charge in [0, 0.05) is 13.1 Å². The van der Waals surface area contributed by atoms with Crippen LogP contribution in [0.15, 0.2) is 12.2 Å². The zero-order chi connectivity index (χ0) is 17.3. The van der Waals surface area contributed by atoms with E-state index in [9.17, 15) is 4.79 Å². The molecule has 1 amide bonds. The van der Waals surface area contributed by atoms with Gasteiger partial charge in [-0.05, 0) is 38.2 Å². The SMILES string of the molecule is CCCCCCCCCCCCCC/C=C/C(=O)N1CCCCC1. The predicted octanol–water partition coefficient (Wildman–Crippen LogP) is 6.65. The number of piperidine rings is 1. The van der Waals surface area contributed by atoms with Crippen LogP contribution in [0.5, 0.6) is 0 Å². The molecule has 1 rings (SSSR count). The van der Waals surface area contributed by atoms with Crippen LogP contribution >= 0.6 is 0 Å². The molecule has 24 heavy (non-hydrogen) atoms. The van der Waals surface area contributed by atoms with E-state index in [-0.39, 0.29) is 5.91 Å². The van der Waals surface area contributed by atoms with Crippen LogP contribution in [0, 0.1) is 0 Å². The first-order valence-electron chi connectivity index (χ1n) is 10.8. The van der Waals surface area contributed by atoms with Crippen molar-refractivity contribution in [2.75, 3.05) is 13.1 Å². The lowest BCUT2D eigenvalue weighted by Crippen LogP contribution is -2.34. The van der Waals surface area contributed by atoms with Crippen LogP contribution < -0.4 is 0 Å². The minimum absolute atomic E-state index is 0.230. The van der Waals surface area contributed by atoms with Crippen molar-refractivity contribution in [1.29, 1.82) is 0 Å². The molecule has 140 valence electrons. The zero-order valence-corrected chi connectivity index (χ0v) is 16.2. The molecule has 1 fully saturated rings. The average Bonchev–Trinajstić information content (AvgIpc) is 2.62. The van der Waals surface area contributed by atoms with Crippen molar-refractivity contribution < 1.29 is 4.79 Å². The first kappa shape index (κ1) is 21.3. The maximum atomic E-state index is 12.0. The molecule has 0 unspecified atom stereocenters. The van der Waals surface area contributed by atoms with Crippen molar-refractivity contribution in [2.24, 2.45) is 0 Å².